The lowest BCUT2D eigenvalue weighted by Crippen LogP contribution is -2.30. The number of para-hydroxylation sites is 1. The predicted molar refractivity (Wildman–Crippen MR) is 103 cm³/mol. The van der Waals surface area contributed by atoms with Gasteiger partial charge in [0, 0.05) is 17.2 Å². The highest BCUT2D eigenvalue weighted by Crippen LogP contribution is 2.29. The third kappa shape index (κ3) is 6.11. The predicted octanol–water partition coefficient (Wildman–Crippen LogP) is 3.48. The lowest BCUT2D eigenvalue weighted by atomic mass is 10.1. The maximum atomic E-state index is 12.1. The molecule has 0 spiro atoms. The van der Waals surface area contributed by atoms with Crippen LogP contribution in [0.3, 0.4) is 0 Å². The summed E-state index contributed by atoms with van der Waals surface area (Å²) in [4.78, 5) is 24.0. The van der Waals surface area contributed by atoms with E-state index in [1.807, 2.05) is 24.3 Å². The van der Waals surface area contributed by atoms with Gasteiger partial charge in [-0.2, -0.15) is 0 Å². The summed E-state index contributed by atoms with van der Waals surface area (Å²) in [6.45, 7) is 2.68. The van der Waals surface area contributed by atoms with Crippen molar-refractivity contribution >= 4 is 23.6 Å². The molecule has 0 aliphatic carbocycles. The number of hydrogen-bond acceptors (Lipinski definition) is 4. The van der Waals surface area contributed by atoms with Gasteiger partial charge in [-0.05, 0) is 35.7 Å². The van der Waals surface area contributed by atoms with E-state index in [0.29, 0.717) is 12.5 Å². The first-order valence-corrected chi connectivity index (χ1v) is 9.33. The van der Waals surface area contributed by atoms with Crippen molar-refractivity contribution in [1.29, 1.82) is 0 Å². The highest BCUT2D eigenvalue weighted by atomic mass is 32.2. The summed E-state index contributed by atoms with van der Waals surface area (Å²) in [5.41, 5.74) is 1.01. The van der Waals surface area contributed by atoms with Gasteiger partial charge in [0.15, 0.2) is 0 Å². The minimum Gasteiger partial charge on any atom is -0.496 e. The number of thioether (sulfide) groups is 1. The molecule has 0 fully saturated rings. The van der Waals surface area contributed by atoms with Gasteiger partial charge in [-0.1, -0.05) is 31.2 Å². The minimum atomic E-state index is -0.970. The van der Waals surface area contributed by atoms with Crippen molar-refractivity contribution in [2.24, 2.45) is 5.92 Å². The van der Waals surface area contributed by atoms with E-state index in [-0.39, 0.29) is 17.9 Å². The van der Waals surface area contributed by atoms with Crippen molar-refractivity contribution < 1.29 is 19.4 Å². The second-order valence-corrected chi connectivity index (χ2v) is 7.11. The largest absolute Gasteiger partial charge is 0.496 e. The van der Waals surface area contributed by atoms with Crippen LogP contribution in [0.1, 0.15) is 22.8 Å². The highest BCUT2D eigenvalue weighted by molar-refractivity contribution is 7.99. The molecule has 0 aromatic heterocycles. The van der Waals surface area contributed by atoms with E-state index in [4.69, 9.17) is 9.84 Å². The second kappa shape index (κ2) is 9.87. The average Bonchev–Trinajstić information content (AvgIpc) is 2.65. The highest BCUT2D eigenvalue weighted by Gasteiger charge is 2.10. The first kappa shape index (κ1) is 19.8. The van der Waals surface area contributed by atoms with Crippen molar-refractivity contribution in [1.82, 2.24) is 5.32 Å². The van der Waals surface area contributed by atoms with Gasteiger partial charge in [-0.3, -0.25) is 4.79 Å². The molecule has 0 aliphatic rings. The number of carboxylic acids is 1. The van der Waals surface area contributed by atoms with Gasteiger partial charge in [0.1, 0.15) is 5.75 Å². The fraction of sp³-hybridized carbons (Fsp3) is 0.300. The number of amides is 1. The molecule has 5 nitrogen and oxygen atoms in total. The SMILES string of the molecule is COc1ccccc1SCC(C)CNC(=O)Cc1ccc(C(=O)O)cc1. The van der Waals surface area contributed by atoms with Crippen LogP contribution in [0.4, 0.5) is 0 Å². The summed E-state index contributed by atoms with van der Waals surface area (Å²) in [5, 5.41) is 11.8. The molecule has 2 aromatic carbocycles. The smallest absolute Gasteiger partial charge is 0.335 e. The van der Waals surface area contributed by atoms with Crippen LogP contribution < -0.4 is 10.1 Å². The van der Waals surface area contributed by atoms with Crippen LogP contribution in [-0.4, -0.2) is 36.4 Å². The Hall–Kier alpha value is -2.47. The lowest BCUT2D eigenvalue weighted by Gasteiger charge is -2.14. The van der Waals surface area contributed by atoms with Crippen LogP contribution in [0.15, 0.2) is 53.4 Å². The van der Waals surface area contributed by atoms with E-state index in [1.54, 1.807) is 31.0 Å². The van der Waals surface area contributed by atoms with Crippen molar-refractivity contribution in [3.05, 3.63) is 59.7 Å². The second-order valence-electron chi connectivity index (χ2n) is 6.05. The molecule has 1 atom stereocenters. The molecule has 0 aliphatic heterocycles. The Labute approximate surface area is 157 Å². The van der Waals surface area contributed by atoms with Crippen LogP contribution in [0, 0.1) is 5.92 Å². The molecule has 2 aromatic rings. The third-order valence-corrected chi connectivity index (χ3v) is 5.19. The van der Waals surface area contributed by atoms with Gasteiger partial charge in [0.2, 0.25) is 5.91 Å². The van der Waals surface area contributed by atoms with Gasteiger partial charge in [0.05, 0.1) is 19.1 Å². The number of carboxylic acid groups (broad SMARTS) is 1. The van der Waals surface area contributed by atoms with Crippen molar-refractivity contribution in [2.75, 3.05) is 19.4 Å². The van der Waals surface area contributed by atoms with Gasteiger partial charge in [-0.25, -0.2) is 4.79 Å². The van der Waals surface area contributed by atoms with Crippen molar-refractivity contribution in [3.63, 3.8) is 0 Å². The normalized spacial score (nSPS) is 11.6. The van der Waals surface area contributed by atoms with E-state index < -0.39 is 5.97 Å². The number of benzene rings is 2. The molecule has 1 amide bonds. The molecule has 0 saturated heterocycles. The van der Waals surface area contributed by atoms with Crippen LogP contribution in [0.25, 0.3) is 0 Å². The zero-order chi connectivity index (χ0) is 18.9. The number of methoxy groups -OCH3 is 1. The van der Waals surface area contributed by atoms with E-state index in [0.717, 1.165) is 22.0 Å². The van der Waals surface area contributed by atoms with Crippen LogP contribution in [0.5, 0.6) is 5.75 Å². The molecule has 26 heavy (non-hydrogen) atoms. The Bertz CT molecular complexity index is 746. The van der Waals surface area contributed by atoms with Gasteiger partial charge >= 0.3 is 5.97 Å². The monoisotopic (exact) mass is 373 g/mol. The summed E-state index contributed by atoms with van der Waals surface area (Å²) in [6, 6.07) is 14.2. The Balaban J connectivity index is 1.75. The van der Waals surface area contributed by atoms with E-state index in [2.05, 4.69) is 12.2 Å². The van der Waals surface area contributed by atoms with E-state index in [1.165, 1.54) is 12.1 Å². The molecule has 0 radical (unpaired) electrons. The fourth-order valence-corrected chi connectivity index (χ4v) is 3.38. The standard InChI is InChI=1S/C20H23NO4S/c1-14(13-26-18-6-4-3-5-17(18)25-2)12-21-19(22)11-15-7-9-16(10-8-15)20(23)24/h3-10,14H,11-13H2,1-2H3,(H,21,22)(H,23,24). The zero-order valence-electron chi connectivity index (χ0n) is 14.9. The summed E-state index contributed by atoms with van der Waals surface area (Å²) >= 11 is 1.71. The fourth-order valence-electron chi connectivity index (χ4n) is 2.33. The first-order valence-electron chi connectivity index (χ1n) is 8.34. The summed E-state index contributed by atoms with van der Waals surface area (Å²) in [6.07, 6.45) is 0.242. The van der Waals surface area contributed by atoms with Crippen LogP contribution in [-0.2, 0) is 11.2 Å². The quantitative estimate of drug-likeness (QED) is 0.658. The van der Waals surface area contributed by atoms with E-state index in [9.17, 15) is 9.59 Å². The number of carbonyl (C=O) groups is 2. The van der Waals surface area contributed by atoms with E-state index >= 15 is 0 Å². The number of hydrogen-bond donors (Lipinski definition) is 2. The maximum Gasteiger partial charge on any atom is 0.335 e. The molecule has 0 heterocycles. The Kier molecular flexibility index (Phi) is 7.53. The molecular formula is C20H23NO4S. The zero-order valence-corrected chi connectivity index (χ0v) is 15.7. The summed E-state index contributed by atoms with van der Waals surface area (Å²) < 4.78 is 5.34. The van der Waals surface area contributed by atoms with Crippen LogP contribution >= 0.6 is 11.8 Å². The van der Waals surface area contributed by atoms with Gasteiger partial charge in [0.25, 0.3) is 0 Å². The molecule has 138 valence electrons. The lowest BCUT2D eigenvalue weighted by molar-refractivity contribution is -0.120. The topological polar surface area (TPSA) is 75.6 Å². The molecule has 2 N–H and O–H groups in total. The van der Waals surface area contributed by atoms with Gasteiger partial charge in [-0.15, -0.1) is 11.8 Å². The van der Waals surface area contributed by atoms with Gasteiger partial charge < -0.3 is 15.2 Å². The molecule has 0 saturated carbocycles. The molecular weight excluding hydrogens is 350 g/mol. The van der Waals surface area contributed by atoms with Crippen LogP contribution in [0.2, 0.25) is 0 Å². The average molecular weight is 373 g/mol. The number of carbonyl (C=O) groups excluding carboxylic acids is 1. The Morgan fingerprint density at radius 2 is 1.85 bits per heavy atom. The Morgan fingerprint density at radius 3 is 2.50 bits per heavy atom. The number of aromatic carboxylic acids is 1. The first-order chi connectivity index (χ1) is 12.5. The molecule has 0 bridgehead atoms. The number of rotatable bonds is 9. The van der Waals surface area contributed by atoms with Crippen molar-refractivity contribution in [3.8, 4) is 5.75 Å². The number of ether oxygens (including phenoxy) is 1. The minimum absolute atomic E-state index is 0.0674. The molecule has 2 rings (SSSR count). The Morgan fingerprint density at radius 1 is 1.15 bits per heavy atom. The number of nitrogens with one attached hydrogen (secondary N) is 1. The maximum absolute atomic E-state index is 12.1. The molecule has 1 unspecified atom stereocenters. The third-order valence-electron chi connectivity index (χ3n) is 3.81. The summed E-state index contributed by atoms with van der Waals surface area (Å²) in [5.74, 6) is 1.000. The molecule has 6 heteroatoms. The summed E-state index contributed by atoms with van der Waals surface area (Å²) in [7, 11) is 1.66. The van der Waals surface area contributed by atoms with Crippen molar-refractivity contribution in [2.45, 2.75) is 18.2 Å².